The van der Waals surface area contributed by atoms with E-state index in [0.29, 0.717) is 23.6 Å². The number of aliphatic carboxylic acids is 1. The summed E-state index contributed by atoms with van der Waals surface area (Å²) in [7, 11) is 0. The van der Waals surface area contributed by atoms with Gasteiger partial charge in [0.15, 0.2) is 11.6 Å². The summed E-state index contributed by atoms with van der Waals surface area (Å²) in [5.74, 6) is -2.25. The first-order valence-corrected chi connectivity index (χ1v) is 13.8. The van der Waals surface area contributed by atoms with Gasteiger partial charge in [0.25, 0.3) is 5.56 Å². The Morgan fingerprint density at radius 1 is 1.12 bits per heavy atom. The van der Waals surface area contributed by atoms with E-state index in [0.717, 1.165) is 25.7 Å². The number of unbranched alkanes of at least 4 members (excludes halogenated alkanes) is 3. The lowest BCUT2D eigenvalue weighted by atomic mass is 9.92. The molecule has 1 amide bonds. The van der Waals surface area contributed by atoms with Crippen molar-refractivity contribution in [3.8, 4) is 0 Å². The van der Waals surface area contributed by atoms with Gasteiger partial charge in [-0.3, -0.25) is 23.7 Å². The molecule has 222 valence electrons. The number of hydrogen-bond donors (Lipinski definition) is 4. The number of carboxylic acids is 1. The highest BCUT2D eigenvalue weighted by Gasteiger charge is 2.30. The van der Waals surface area contributed by atoms with Crippen LogP contribution in [0.3, 0.4) is 0 Å². The topological polar surface area (TPSA) is 181 Å². The monoisotopic (exact) mass is 561 g/mol. The number of carbonyl (C=O) groups excluding carboxylic acids is 2. The van der Waals surface area contributed by atoms with E-state index >= 15 is 0 Å². The van der Waals surface area contributed by atoms with E-state index in [1.54, 1.807) is 13.8 Å². The Bertz CT molecular complexity index is 1200. The van der Waals surface area contributed by atoms with Gasteiger partial charge < -0.3 is 21.1 Å². The van der Waals surface area contributed by atoms with Crippen molar-refractivity contribution in [1.29, 1.82) is 0 Å². The Morgan fingerprint density at radius 2 is 1.85 bits per heavy atom. The number of amides is 1. The van der Waals surface area contributed by atoms with Gasteiger partial charge in [0.05, 0.1) is 31.2 Å². The van der Waals surface area contributed by atoms with Crippen LogP contribution in [0.1, 0.15) is 96.3 Å². The third kappa shape index (κ3) is 9.54. The van der Waals surface area contributed by atoms with E-state index in [1.807, 2.05) is 20.8 Å². The lowest BCUT2D eigenvalue weighted by Gasteiger charge is -2.25. The molecular formula is C27H43N7O6. The normalized spacial score (nSPS) is 13.1. The maximum Gasteiger partial charge on any atom is 0.305 e. The van der Waals surface area contributed by atoms with E-state index in [9.17, 15) is 24.3 Å². The number of carboxylic acid groups (broad SMARTS) is 1. The highest BCUT2D eigenvalue weighted by Crippen LogP contribution is 2.22. The number of rotatable bonds is 17. The van der Waals surface area contributed by atoms with Gasteiger partial charge in [-0.2, -0.15) is 0 Å². The van der Waals surface area contributed by atoms with Crippen LogP contribution >= 0.6 is 0 Å². The molecule has 2 heterocycles. The van der Waals surface area contributed by atoms with Crippen LogP contribution in [0.5, 0.6) is 0 Å². The van der Waals surface area contributed by atoms with Gasteiger partial charge in [0.1, 0.15) is 17.4 Å². The summed E-state index contributed by atoms with van der Waals surface area (Å²) >= 11 is 0. The third-order valence-electron chi connectivity index (χ3n) is 6.48. The average Bonchev–Trinajstić information content (AvgIpc) is 3.29. The summed E-state index contributed by atoms with van der Waals surface area (Å²) < 4.78 is 6.00. The molecule has 0 radical (unpaired) electrons. The predicted molar refractivity (Wildman–Crippen MR) is 149 cm³/mol. The number of nitrogens with zero attached hydrogens (tertiary/aromatic N) is 4. The van der Waals surface area contributed by atoms with Crippen LogP contribution in [0.4, 0.5) is 5.82 Å². The number of carbonyl (C=O) groups is 3. The minimum Gasteiger partial charge on any atom is -0.481 e. The smallest absolute Gasteiger partial charge is 0.305 e. The maximum atomic E-state index is 13.5. The van der Waals surface area contributed by atoms with E-state index < -0.39 is 47.1 Å². The van der Waals surface area contributed by atoms with Gasteiger partial charge in [-0.05, 0) is 26.3 Å². The molecule has 0 spiro atoms. The minimum atomic E-state index is -1.23. The van der Waals surface area contributed by atoms with E-state index in [1.165, 1.54) is 10.8 Å². The highest BCUT2D eigenvalue weighted by atomic mass is 16.6. The molecule has 0 aliphatic carbocycles. The van der Waals surface area contributed by atoms with Crippen molar-refractivity contribution in [3.05, 3.63) is 33.6 Å². The van der Waals surface area contributed by atoms with Crippen molar-refractivity contribution < 1.29 is 24.1 Å². The van der Waals surface area contributed by atoms with Crippen LogP contribution in [0.15, 0.2) is 15.6 Å². The molecule has 0 saturated carbocycles. The second-order valence-electron chi connectivity index (χ2n) is 10.9. The fourth-order valence-corrected chi connectivity index (χ4v) is 4.00. The number of ketones is 1. The molecule has 2 rings (SSSR count). The zero-order chi connectivity index (χ0) is 29.9. The molecule has 4 N–H and O–H groups in total. The second kappa shape index (κ2) is 15.2. The molecule has 2 aromatic heterocycles. The molecule has 0 unspecified atom stereocenters. The standard InChI is InChI=1S/C27H43N7O6/c1-7-9-10-11-12-28-15-21(35)18(13-23(36)37)30-25(38)20(8-2)34-16-22(27(4,5)6)31-24(26(34)39)29-14-19-17(3)32-40-33-19/h16,18,20,28H,7-15H2,1-6H3,(H,29,31)(H,30,38)(H,36,37)/t18-,20-/m0/s1. The molecule has 40 heavy (non-hydrogen) atoms. The molecule has 0 bridgehead atoms. The van der Waals surface area contributed by atoms with Crippen molar-refractivity contribution in [2.45, 2.75) is 104 Å². The summed E-state index contributed by atoms with van der Waals surface area (Å²) in [6, 6.07) is -2.24. The number of aromatic nitrogens is 4. The highest BCUT2D eigenvalue weighted by molar-refractivity contribution is 5.93. The Kier molecular flexibility index (Phi) is 12.4. The fraction of sp³-hybridized carbons (Fsp3) is 0.667. The molecule has 2 aromatic rings. The number of anilines is 1. The summed E-state index contributed by atoms with van der Waals surface area (Å²) in [5, 5.41) is 25.5. The Balaban J connectivity index is 2.28. The Hall–Kier alpha value is -3.61. The zero-order valence-electron chi connectivity index (χ0n) is 24.4. The van der Waals surface area contributed by atoms with Gasteiger partial charge in [-0.1, -0.05) is 64.2 Å². The first-order valence-electron chi connectivity index (χ1n) is 13.8. The predicted octanol–water partition coefficient (Wildman–Crippen LogP) is 2.49. The van der Waals surface area contributed by atoms with Crippen molar-refractivity contribution >= 4 is 23.5 Å². The van der Waals surface area contributed by atoms with Crippen molar-refractivity contribution in [3.63, 3.8) is 0 Å². The first kappa shape index (κ1) is 32.6. The van der Waals surface area contributed by atoms with Gasteiger partial charge >= 0.3 is 5.97 Å². The molecule has 0 saturated heterocycles. The Labute approximate surface area is 234 Å². The van der Waals surface area contributed by atoms with Crippen LogP contribution < -0.4 is 21.5 Å². The number of Topliss-reactive ketones (excluding diaryl/α,β-unsaturated/α-hetero) is 1. The quantitative estimate of drug-likeness (QED) is 0.208. The molecular weight excluding hydrogens is 518 g/mol. The van der Waals surface area contributed by atoms with Gasteiger partial charge in [0, 0.05) is 11.6 Å². The molecule has 13 heteroatoms. The van der Waals surface area contributed by atoms with Crippen LogP contribution in [0, 0.1) is 6.92 Å². The summed E-state index contributed by atoms with van der Waals surface area (Å²) in [5.41, 5.74) is 0.625. The summed E-state index contributed by atoms with van der Waals surface area (Å²) in [6.45, 7) is 12.0. The van der Waals surface area contributed by atoms with Crippen LogP contribution in [0.2, 0.25) is 0 Å². The molecule has 0 aliphatic rings. The number of hydrogen-bond acceptors (Lipinski definition) is 10. The largest absolute Gasteiger partial charge is 0.481 e. The van der Waals surface area contributed by atoms with Crippen LogP contribution in [-0.4, -0.2) is 61.8 Å². The number of nitrogens with one attached hydrogen (secondary N) is 3. The zero-order valence-corrected chi connectivity index (χ0v) is 24.4. The SMILES string of the molecule is CCCCCCNCC(=O)[C@H](CC(=O)O)NC(=O)[C@H](CC)n1cc(C(C)(C)C)nc(NCc2nonc2C)c1=O. The molecule has 0 aromatic carbocycles. The van der Waals surface area contributed by atoms with E-state index in [2.05, 4.69) is 38.2 Å². The summed E-state index contributed by atoms with van der Waals surface area (Å²) in [6.07, 6.45) is 5.33. The average molecular weight is 562 g/mol. The lowest BCUT2D eigenvalue weighted by molar-refractivity contribution is -0.140. The summed E-state index contributed by atoms with van der Waals surface area (Å²) in [4.78, 5) is 55.7. The maximum absolute atomic E-state index is 13.5. The first-order chi connectivity index (χ1) is 18.9. The van der Waals surface area contributed by atoms with Gasteiger partial charge in [0.2, 0.25) is 5.91 Å². The third-order valence-corrected chi connectivity index (χ3v) is 6.48. The molecule has 0 aliphatic heterocycles. The molecule has 0 fully saturated rings. The van der Waals surface area contributed by atoms with E-state index in [-0.39, 0.29) is 25.3 Å². The second-order valence-corrected chi connectivity index (χ2v) is 10.9. The lowest BCUT2D eigenvalue weighted by Crippen LogP contribution is -2.49. The minimum absolute atomic E-state index is 0.0199. The van der Waals surface area contributed by atoms with Gasteiger partial charge in [-0.25, -0.2) is 9.61 Å². The molecule has 2 atom stereocenters. The number of aryl methyl sites for hydroxylation is 1. The van der Waals surface area contributed by atoms with Gasteiger partial charge in [-0.15, -0.1) is 0 Å². The van der Waals surface area contributed by atoms with Crippen molar-refractivity contribution in [2.75, 3.05) is 18.4 Å². The van der Waals surface area contributed by atoms with Crippen LogP contribution in [-0.2, 0) is 26.3 Å². The van der Waals surface area contributed by atoms with Crippen molar-refractivity contribution in [2.24, 2.45) is 0 Å². The Morgan fingerprint density at radius 3 is 2.42 bits per heavy atom. The molecule has 13 nitrogen and oxygen atoms in total. The fourth-order valence-electron chi connectivity index (χ4n) is 4.00. The van der Waals surface area contributed by atoms with Crippen molar-refractivity contribution in [1.82, 2.24) is 30.5 Å². The van der Waals surface area contributed by atoms with E-state index in [4.69, 9.17) is 4.63 Å². The van der Waals surface area contributed by atoms with Crippen LogP contribution in [0.25, 0.3) is 0 Å².